The maximum Gasteiger partial charge on any atom is 0.257 e. The number of hydrogen-bond acceptors (Lipinski definition) is 3. The molecule has 0 saturated heterocycles. The van der Waals surface area contributed by atoms with Crippen molar-refractivity contribution in [2.24, 2.45) is 0 Å². The van der Waals surface area contributed by atoms with Crippen LogP contribution in [0.15, 0.2) is 218 Å². The second-order valence-corrected chi connectivity index (χ2v) is 16.0. The van der Waals surface area contributed by atoms with Gasteiger partial charge >= 0.3 is 0 Å². The summed E-state index contributed by atoms with van der Waals surface area (Å²) in [6, 6.07) is 79.0. The Bertz CT molecular complexity index is 3480. The smallest absolute Gasteiger partial charge is 0.257 e. The van der Waals surface area contributed by atoms with Crippen LogP contribution in [-0.2, 0) is 0 Å². The fourth-order valence-electron chi connectivity index (χ4n) is 10.3. The van der Waals surface area contributed by atoms with Crippen LogP contribution < -0.4 is 30.9 Å². The van der Waals surface area contributed by atoms with E-state index in [2.05, 4.69) is 233 Å². The number of nitrogens with zero attached hydrogens (tertiary/aromatic N) is 3. The Morgan fingerprint density at radius 2 is 1.02 bits per heavy atom. The van der Waals surface area contributed by atoms with Crippen molar-refractivity contribution in [2.75, 3.05) is 9.80 Å². The predicted octanol–water partition coefficient (Wildman–Crippen LogP) is 13.0. The number of ether oxygens (including phenoxy) is 1. The number of para-hydroxylation sites is 4. The van der Waals surface area contributed by atoms with Crippen molar-refractivity contribution in [3.8, 4) is 17.2 Å². The highest BCUT2D eigenvalue weighted by Gasteiger charge is 2.43. The Hall–Kier alpha value is -8.02. The molecule has 0 bridgehead atoms. The first kappa shape index (κ1) is 33.9. The molecule has 61 heavy (non-hydrogen) atoms. The van der Waals surface area contributed by atoms with Gasteiger partial charge in [-0.2, -0.15) is 0 Å². The third-order valence-corrected chi connectivity index (χ3v) is 12.8. The van der Waals surface area contributed by atoms with Gasteiger partial charge in [0.2, 0.25) is 0 Å². The SMILES string of the molecule is c1ccc(N2c3cccc4c3B(c3cc5c(cc3O4)c3c4ccccc4c(N(c4ccccc4)c4ccccc4)cc3n5-c3ccccc3)c3c2ccc2ccccc32)cc1. The predicted molar refractivity (Wildman–Crippen MR) is 256 cm³/mol. The molecular formula is C56H36BN3O. The van der Waals surface area contributed by atoms with E-state index in [1.54, 1.807) is 0 Å². The lowest BCUT2D eigenvalue weighted by Crippen LogP contribution is -2.59. The Morgan fingerprint density at radius 3 is 1.74 bits per heavy atom. The zero-order chi connectivity index (χ0) is 40.0. The fraction of sp³-hybridized carbons (Fsp3) is 0. The lowest BCUT2D eigenvalue weighted by atomic mass is 9.33. The lowest BCUT2D eigenvalue weighted by molar-refractivity contribution is 0.488. The average Bonchev–Trinajstić information content (AvgIpc) is 3.65. The summed E-state index contributed by atoms with van der Waals surface area (Å²) in [7, 11) is 0. The van der Waals surface area contributed by atoms with Crippen LogP contribution in [0.3, 0.4) is 0 Å². The fourth-order valence-corrected chi connectivity index (χ4v) is 10.3. The molecule has 5 heteroatoms. The molecule has 13 rings (SSSR count). The second-order valence-electron chi connectivity index (χ2n) is 16.0. The first-order valence-electron chi connectivity index (χ1n) is 21.0. The summed E-state index contributed by atoms with van der Waals surface area (Å²) < 4.78 is 9.62. The van der Waals surface area contributed by atoms with Crippen molar-refractivity contribution >= 4 is 101 Å². The Labute approximate surface area is 353 Å². The molecule has 2 aliphatic heterocycles. The van der Waals surface area contributed by atoms with E-state index in [0.717, 1.165) is 67.5 Å². The van der Waals surface area contributed by atoms with Crippen LogP contribution in [0.5, 0.6) is 11.5 Å². The number of benzene rings is 10. The van der Waals surface area contributed by atoms with E-state index < -0.39 is 0 Å². The van der Waals surface area contributed by atoms with Gasteiger partial charge in [-0.1, -0.05) is 133 Å². The molecule has 4 nitrogen and oxygen atoms in total. The molecule has 284 valence electrons. The molecule has 0 saturated carbocycles. The van der Waals surface area contributed by atoms with Gasteiger partial charge in [-0.3, -0.25) is 0 Å². The Balaban J connectivity index is 1.15. The average molecular weight is 778 g/mol. The molecule has 0 unspecified atom stereocenters. The van der Waals surface area contributed by atoms with Crippen LogP contribution in [-0.4, -0.2) is 11.3 Å². The van der Waals surface area contributed by atoms with Crippen molar-refractivity contribution in [3.63, 3.8) is 0 Å². The highest BCUT2D eigenvalue weighted by molar-refractivity contribution is 7.00. The summed E-state index contributed by atoms with van der Waals surface area (Å²) in [5.41, 5.74) is 13.8. The van der Waals surface area contributed by atoms with Crippen LogP contribution in [0.2, 0.25) is 0 Å². The zero-order valence-electron chi connectivity index (χ0n) is 33.1. The number of fused-ring (bicyclic) bond motifs is 11. The maximum absolute atomic E-state index is 7.15. The third-order valence-electron chi connectivity index (χ3n) is 12.8. The van der Waals surface area contributed by atoms with Gasteiger partial charge in [0, 0.05) is 50.3 Å². The molecule has 0 fully saturated rings. The van der Waals surface area contributed by atoms with E-state index in [1.807, 2.05) is 0 Å². The van der Waals surface area contributed by atoms with E-state index in [0.29, 0.717) is 0 Å². The summed E-state index contributed by atoms with van der Waals surface area (Å²) in [4.78, 5) is 4.81. The van der Waals surface area contributed by atoms with Crippen LogP contribution in [0.25, 0.3) is 49.0 Å². The highest BCUT2D eigenvalue weighted by atomic mass is 16.5. The van der Waals surface area contributed by atoms with Crippen LogP contribution in [0.1, 0.15) is 0 Å². The molecule has 0 amide bonds. The summed E-state index contributed by atoms with van der Waals surface area (Å²) in [5, 5.41) is 7.21. The normalized spacial score (nSPS) is 12.7. The Kier molecular flexibility index (Phi) is 7.37. The monoisotopic (exact) mass is 777 g/mol. The molecular weight excluding hydrogens is 741 g/mol. The zero-order valence-corrected chi connectivity index (χ0v) is 33.1. The van der Waals surface area contributed by atoms with Crippen molar-refractivity contribution in [1.82, 2.24) is 4.57 Å². The van der Waals surface area contributed by atoms with Gasteiger partial charge in [0.15, 0.2) is 0 Å². The van der Waals surface area contributed by atoms with Crippen LogP contribution >= 0.6 is 0 Å². The summed E-state index contributed by atoms with van der Waals surface area (Å²) in [6.07, 6.45) is 0. The summed E-state index contributed by atoms with van der Waals surface area (Å²) in [6.45, 7) is -0.0680. The van der Waals surface area contributed by atoms with Gasteiger partial charge in [-0.25, -0.2) is 0 Å². The van der Waals surface area contributed by atoms with Gasteiger partial charge in [-0.15, -0.1) is 0 Å². The first-order chi connectivity index (χ1) is 30.3. The van der Waals surface area contributed by atoms with Gasteiger partial charge in [0.25, 0.3) is 6.71 Å². The van der Waals surface area contributed by atoms with Gasteiger partial charge in [0.1, 0.15) is 11.5 Å². The molecule has 2 aliphatic rings. The molecule has 0 aliphatic carbocycles. The van der Waals surface area contributed by atoms with Gasteiger partial charge in [0.05, 0.1) is 16.7 Å². The quantitative estimate of drug-likeness (QED) is 0.162. The minimum absolute atomic E-state index is 0.0680. The number of rotatable bonds is 5. The largest absolute Gasteiger partial charge is 0.458 e. The molecule has 0 radical (unpaired) electrons. The lowest BCUT2D eigenvalue weighted by Gasteiger charge is -2.40. The minimum atomic E-state index is -0.0680. The van der Waals surface area contributed by atoms with Crippen molar-refractivity contribution in [3.05, 3.63) is 218 Å². The van der Waals surface area contributed by atoms with E-state index in [4.69, 9.17) is 4.74 Å². The minimum Gasteiger partial charge on any atom is -0.458 e. The van der Waals surface area contributed by atoms with Crippen LogP contribution in [0.4, 0.5) is 34.1 Å². The molecule has 0 atom stereocenters. The van der Waals surface area contributed by atoms with Gasteiger partial charge < -0.3 is 19.1 Å². The topological polar surface area (TPSA) is 20.6 Å². The third kappa shape index (κ3) is 5.01. The van der Waals surface area contributed by atoms with Gasteiger partial charge in [-0.05, 0) is 117 Å². The standard InChI is InChI=1S/C56H36BN3O/c1-5-19-38(20-6-1)58(39-21-7-2-8-22-39)50-36-51-54(44-29-16-15-28-43(44)50)45-34-53-46(35-49(45)60(51)41-25-11-4-12-26-41)57-55-42-27-14-13-18-37(42)32-33-48(55)59(40-23-9-3-10-24-40)47-30-17-31-52(61-53)56(47)57/h1-36H. The van der Waals surface area contributed by atoms with E-state index >= 15 is 0 Å². The van der Waals surface area contributed by atoms with Crippen molar-refractivity contribution in [2.45, 2.75) is 0 Å². The molecule has 11 aromatic rings. The summed E-state index contributed by atoms with van der Waals surface area (Å²) >= 11 is 0. The van der Waals surface area contributed by atoms with Crippen LogP contribution in [0, 0.1) is 0 Å². The summed E-state index contributed by atoms with van der Waals surface area (Å²) in [5.74, 6) is 1.79. The second kappa shape index (κ2) is 13.3. The first-order valence-corrected chi connectivity index (χ1v) is 21.0. The number of anilines is 6. The molecule has 10 aromatic carbocycles. The molecule has 0 spiro atoms. The molecule has 3 heterocycles. The molecule has 1 aromatic heterocycles. The van der Waals surface area contributed by atoms with E-state index in [1.165, 1.54) is 43.5 Å². The van der Waals surface area contributed by atoms with Crippen molar-refractivity contribution in [1.29, 1.82) is 0 Å². The molecule has 0 N–H and O–H groups in total. The maximum atomic E-state index is 7.15. The van der Waals surface area contributed by atoms with E-state index in [9.17, 15) is 0 Å². The number of hydrogen-bond donors (Lipinski definition) is 0. The Morgan fingerprint density at radius 1 is 0.410 bits per heavy atom. The highest BCUT2D eigenvalue weighted by Crippen LogP contribution is 2.47. The van der Waals surface area contributed by atoms with Crippen molar-refractivity contribution < 1.29 is 4.74 Å². The van der Waals surface area contributed by atoms with E-state index in [-0.39, 0.29) is 6.71 Å². The number of aromatic nitrogens is 1.